The monoisotopic (exact) mass is 751 g/mol. The van der Waals surface area contributed by atoms with Crippen molar-refractivity contribution in [2.24, 2.45) is 0 Å². The summed E-state index contributed by atoms with van der Waals surface area (Å²) in [4.78, 5) is 13.5. The average molecular weight is 752 g/mol. The molecule has 9 aromatic carbocycles. The molecular weight excluding hydrogens is 719 g/mol. The van der Waals surface area contributed by atoms with Crippen LogP contribution in [0.1, 0.15) is 0 Å². The third-order valence-corrected chi connectivity index (χ3v) is 12.2. The normalized spacial score (nSPS) is 12.4. The predicted molar refractivity (Wildman–Crippen MR) is 245 cm³/mol. The van der Waals surface area contributed by atoms with E-state index in [9.17, 15) is 0 Å². The molecule has 5 nitrogen and oxygen atoms in total. The molecule has 0 spiro atoms. The lowest BCUT2D eigenvalue weighted by atomic mass is 9.96. The van der Waals surface area contributed by atoms with Gasteiger partial charge in [-0.2, -0.15) is 0 Å². The van der Waals surface area contributed by atoms with E-state index in [0.717, 1.165) is 67.0 Å². The van der Waals surface area contributed by atoms with Crippen molar-refractivity contribution in [3.05, 3.63) is 200 Å². The van der Waals surface area contributed by atoms with E-state index in [1.54, 1.807) is 0 Å². The number of hydrogen-bond donors (Lipinski definition) is 0. The molecule has 0 bridgehead atoms. The first-order valence-corrected chi connectivity index (χ1v) is 20.1. The van der Waals surface area contributed by atoms with Crippen molar-refractivity contribution in [3.63, 3.8) is 0 Å². The summed E-state index contributed by atoms with van der Waals surface area (Å²) in [5.41, 5.74) is 14.1. The highest BCUT2D eigenvalue weighted by molar-refractivity contribution is 6.36. The molecule has 59 heavy (non-hydrogen) atoms. The van der Waals surface area contributed by atoms with Crippen molar-refractivity contribution in [1.82, 2.24) is 19.1 Å². The number of nitrogens with zero attached hydrogens (tertiary/aromatic N) is 5. The topological polar surface area (TPSA) is 38.9 Å². The van der Waals surface area contributed by atoms with Crippen molar-refractivity contribution in [1.29, 1.82) is 0 Å². The molecule has 0 unspecified atom stereocenters. The molecule has 0 amide bonds. The molecule has 4 heterocycles. The number of benzene rings is 9. The average Bonchev–Trinajstić information content (AvgIpc) is 3.84. The molecule has 0 N–H and O–H groups in total. The largest absolute Gasteiger partial charge is 0.309 e. The van der Waals surface area contributed by atoms with Gasteiger partial charge in [-0.3, -0.25) is 4.57 Å². The van der Waals surface area contributed by atoms with Gasteiger partial charge in [0.05, 0.1) is 50.0 Å². The first-order valence-electron chi connectivity index (χ1n) is 20.1. The second-order valence-corrected chi connectivity index (χ2v) is 15.3. The fourth-order valence-electron chi connectivity index (χ4n) is 9.79. The predicted octanol–water partition coefficient (Wildman–Crippen LogP) is 14.1. The Hall–Kier alpha value is -8.02. The summed E-state index contributed by atoms with van der Waals surface area (Å²) < 4.78 is 4.79. The van der Waals surface area contributed by atoms with Gasteiger partial charge in [0, 0.05) is 38.5 Å². The van der Waals surface area contributed by atoms with E-state index < -0.39 is 0 Å². The first-order chi connectivity index (χ1) is 29.3. The van der Waals surface area contributed by atoms with E-state index in [4.69, 9.17) is 9.97 Å². The number of para-hydroxylation sites is 4. The molecule has 0 fully saturated rings. The van der Waals surface area contributed by atoms with Gasteiger partial charge in [-0.1, -0.05) is 146 Å². The van der Waals surface area contributed by atoms with Gasteiger partial charge in [0.1, 0.15) is 0 Å². The molecular formula is C54H33N5. The minimum absolute atomic E-state index is 0.645. The quantitative estimate of drug-likeness (QED) is 0.180. The standard InChI is InChI=1S/C54H33N5/c1-3-16-34(17-4-1)35-30-32-37(33-31-35)58-44-26-12-9-22-40(44)48-38-20-7-8-21-39(38)49-41-23-10-13-27-45(41)59(53(49)52(48)58)54-55-43-25-15-29-47-50(43)51(56-54)42-24-11-14-28-46(42)57(47)36-18-5-2-6-19-36/h1-33H. The van der Waals surface area contributed by atoms with Crippen LogP contribution >= 0.6 is 0 Å². The third-order valence-electron chi connectivity index (χ3n) is 12.2. The maximum atomic E-state index is 5.65. The number of rotatable bonds is 4. The van der Waals surface area contributed by atoms with Gasteiger partial charge in [0.25, 0.3) is 0 Å². The van der Waals surface area contributed by atoms with Crippen LogP contribution in [0.2, 0.25) is 0 Å². The van der Waals surface area contributed by atoms with E-state index in [-0.39, 0.29) is 0 Å². The third kappa shape index (κ3) is 4.50. The summed E-state index contributed by atoms with van der Waals surface area (Å²) in [6, 6.07) is 71.7. The molecule has 5 heteroatoms. The van der Waals surface area contributed by atoms with E-state index in [1.165, 1.54) is 43.4 Å². The molecule has 3 aromatic heterocycles. The second-order valence-electron chi connectivity index (χ2n) is 15.3. The summed E-state index contributed by atoms with van der Waals surface area (Å²) in [6.07, 6.45) is 0. The molecule has 12 aromatic rings. The van der Waals surface area contributed by atoms with Crippen LogP contribution in [-0.2, 0) is 0 Å². The summed E-state index contributed by atoms with van der Waals surface area (Å²) in [5, 5.41) is 8.26. The molecule has 13 rings (SSSR count). The first kappa shape index (κ1) is 32.1. The highest BCUT2D eigenvalue weighted by Crippen LogP contribution is 2.51. The molecule has 0 saturated carbocycles. The van der Waals surface area contributed by atoms with Crippen molar-refractivity contribution in [2.75, 3.05) is 4.90 Å². The van der Waals surface area contributed by atoms with Crippen molar-refractivity contribution < 1.29 is 0 Å². The fraction of sp³-hybridized carbons (Fsp3) is 0. The summed E-state index contributed by atoms with van der Waals surface area (Å²) in [5.74, 6) is 0.645. The van der Waals surface area contributed by atoms with Crippen LogP contribution in [0.4, 0.5) is 17.1 Å². The van der Waals surface area contributed by atoms with Gasteiger partial charge in [0.2, 0.25) is 5.95 Å². The van der Waals surface area contributed by atoms with Crippen LogP contribution in [0.3, 0.4) is 0 Å². The Morgan fingerprint density at radius 3 is 1.59 bits per heavy atom. The van der Waals surface area contributed by atoms with Crippen molar-refractivity contribution >= 4 is 82.3 Å². The van der Waals surface area contributed by atoms with Crippen molar-refractivity contribution in [3.8, 4) is 34.0 Å². The molecule has 1 aliphatic heterocycles. The zero-order chi connectivity index (χ0) is 38.6. The molecule has 0 atom stereocenters. The number of aromatic nitrogens is 4. The van der Waals surface area contributed by atoms with Crippen LogP contribution in [0.5, 0.6) is 0 Å². The lowest BCUT2D eigenvalue weighted by Crippen LogP contribution is -2.16. The van der Waals surface area contributed by atoms with E-state index in [2.05, 4.69) is 214 Å². The molecule has 0 radical (unpaired) electrons. The van der Waals surface area contributed by atoms with E-state index in [1.807, 2.05) is 0 Å². The number of anilines is 3. The molecule has 1 aliphatic rings. The maximum Gasteiger partial charge on any atom is 0.235 e. The van der Waals surface area contributed by atoms with Crippen LogP contribution in [0.25, 0.3) is 99.3 Å². The van der Waals surface area contributed by atoms with Gasteiger partial charge >= 0.3 is 0 Å². The van der Waals surface area contributed by atoms with Gasteiger partial charge in [-0.15, -0.1) is 0 Å². The zero-order valence-corrected chi connectivity index (χ0v) is 31.8. The van der Waals surface area contributed by atoms with Crippen molar-refractivity contribution in [2.45, 2.75) is 0 Å². The zero-order valence-electron chi connectivity index (χ0n) is 31.8. The minimum atomic E-state index is 0.645. The number of hydrogen-bond acceptors (Lipinski definition) is 3. The summed E-state index contributed by atoms with van der Waals surface area (Å²) in [6.45, 7) is 0. The minimum Gasteiger partial charge on any atom is -0.309 e. The van der Waals surface area contributed by atoms with Gasteiger partial charge in [-0.05, 0) is 76.5 Å². The van der Waals surface area contributed by atoms with Gasteiger partial charge < -0.3 is 9.47 Å². The Morgan fingerprint density at radius 1 is 0.339 bits per heavy atom. The lowest BCUT2D eigenvalue weighted by molar-refractivity contribution is 1.01. The summed E-state index contributed by atoms with van der Waals surface area (Å²) in [7, 11) is 0. The summed E-state index contributed by atoms with van der Waals surface area (Å²) >= 11 is 0. The lowest BCUT2D eigenvalue weighted by Gasteiger charge is -2.32. The molecule has 0 saturated heterocycles. The fourth-order valence-corrected chi connectivity index (χ4v) is 9.79. The Balaban J connectivity index is 1.19. The Kier molecular flexibility index (Phi) is 6.66. The van der Waals surface area contributed by atoms with Crippen LogP contribution in [0, 0.1) is 0 Å². The number of fused-ring (bicyclic) bond motifs is 12. The SMILES string of the molecule is c1ccc(-c2ccc(-n3c4ccccc4c4c5ccccc5c5c6ccccc6n(-c6nc7c8c(cccc8n6)N(c6ccccc6)c6ccccc6-7)c5c43)cc2)cc1. The van der Waals surface area contributed by atoms with E-state index >= 15 is 0 Å². The van der Waals surface area contributed by atoms with Crippen LogP contribution < -0.4 is 4.90 Å². The second kappa shape index (κ2) is 12.2. The Bertz CT molecular complexity index is 3660. The highest BCUT2D eigenvalue weighted by atomic mass is 15.2. The maximum absolute atomic E-state index is 5.65. The Morgan fingerprint density at radius 2 is 0.881 bits per heavy atom. The molecule has 0 aliphatic carbocycles. The van der Waals surface area contributed by atoms with Crippen LogP contribution in [-0.4, -0.2) is 19.1 Å². The van der Waals surface area contributed by atoms with Crippen LogP contribution in [0.15, 0.2) is 200 Å². The molecule has 274 valence electrons. The van der Waals surface area contributed by atoms with Gasteiger partial charge in [-0.25, -0.2) is 9.97 Å². The van der Waals surface area contributed by atoms with E-state index in [0.29, 0.717) is 5.95 Å². The smallest absolute Gasteiger partial charge is 0.235 e. The highest BCUT2D eigenvalue weighted by Gasteiger charge is 2.30. The van der Waals surface area contributed by atoms with Gasteiger partial charge in [0.15, 0.2) is 0 Å². The Labute approximate surface area is 339 Å².